The van der Waals surface area contributed by atoms with Crippen LogP contribution in [0.15, 0.2) is 30.3 Å². The molecule has 1 saturated carbocycles. The van der Waals surface area contributed by atoms with Crippen molar-refractivity contribution in [3.05, 3.63) is 35.9 Å². The Kier molecular flexibility index (Phi) is 10.2. The Balaban J connectivity index is 1.84. The molecule has 2 rings (SSSR count). The van der Waals surface area contributed by atoms with E-state index in [4.69, 9.17) is 4.74 Å². The van der Waals surface area contributed by atoms with Crippen molar-refractivity contribution in [2.45, 2.75) is 63.5 Å². The Labute approximate surface area is 174 Å². The molecule has 6 heteroatoms. The second kappa shape index (κ2) is 12.6. The van der Waals surface area contributed by atoms with E-state index < -0.39 is 24.0 Å². The molecule has 0 spiro atoms. The molecule has 1 aromatic rings. The Bertz CT molecular complexity index is 623. The summed E-state index contributed by atoms with van der Waals surface area (Å²) < 4.78 is 4.87. The number of ether oxygens (including phenoxy) is 1. The zero-order chi connectivity index (χ0) is 21.1. The first-order chi connectivity index (χ1) is 14.0. The van der Waals surface area contributed by atoms with E-state index in [0.29, 0.717) is 25.2 Å². The van der Waals surface area contributed by atoms with Crippen molar-refractivity contribution in [3.63, 3.8) is 0 Å². The fourth-order valence-corrected chi connectivity index (χ4v) is 4.17. The molecule has 29 heavy (non-hydrogen) atoms. The van der Waals surface area contributed by atoms with E-state index in [1.165, 1.54) is 20.0 Å². The van der Waals surface area contributed by atoms with Crippen molar-refractivity contribution in [1.82, 2.24) is 10.6 Å². The summed E-state index contributed by atoms with van der Waals surface area (Å²) >= 11 is 0. The van der Waals surface area contributed by atoms with Crippen LogP contribution < -0.4 is 10.6 Å². The second-order valence-electron chi connectivity index (χ2n) is 8.08. The van der Waals surface area contributed by atoms with Crippen molar-refractivity contribution in [2.75, 3.05) is 20.7 Å². The highest BCUT2D eigenvalue weighted by Gasteiger charge is 2.35. The number of carbonyl (C=O) groups excluding carboxylic acids is 2. The molecule has 0 heterocycles. The number of unbranched alkanes of at least 4 members (excludes halogenated alkanes) is 2. The van der Waals surface area contributed by atoms with Crippen LogP contribution in [0.1, 0.15) is 50.5 Å². The number of nitrogens with one attached hydrogen (secondary N) is 2. The highest BCUT2D eigenvalue weighted by atomic mass is 16.5. The first kappa shape index (κ1) is 23.4. The van der Waals surface area contributed by atoms with Gasteiger partial charge in [0.05, 0.1) is 19.1 Å². The summed E-state index contributed by atoms with van der Waals surface area (Å²) in [6, 6.07) is 8.79. The fraction of sp³-hybridized carbons (Fsp3) is 0.652. The van der Waals surface area contributed by atoms with Crippen LogP contribution in [0.3, 0.4) is 0 Å². The molecule has 0 aromatic heterocycles. The average molecular weight is 405 g/mol. The lowest BCUT2D eigenvalue weighted by atomic mass is 9.77. The fourth-order valence-electron chi connectivity index (χ4n) is 4.17. The summed E-state index contributed by atoms with van der Waals surface area (Å²) in [5.41, 5.74) is 0.950. The van der Waals surface area contributed by atoms with E-state index in [9.17, 15) is 14.7 Å². The lowest BCUT2D eigenvalue weighted by Crippen LogP contribution is -2.49. The molecule has 0 bridgehead atoms. The van der Waals surface area contributed by atoms with Crippen molar-refractivity contribution < 1.29 is 19.4 Å². The minimum absolute atomic E-state index is 0.253. The Morgan fingerprint density at radius 3 is 2.59 bits per heavy atom. The number of carbonyl (C=O) groups is 2. The lowest BCUT2D eigenvalue weighted by molar-refractivity contribution is -0.146. The maximum atomic E-state index is 12.8. The van der Waals surface area contributed by atoms with E-state index >= 15 is 0 Å². The molecule has 162 valence electrons. The van der Waals surface area contributed by atoms with Gasteiger partial charge in [-0.05, 0) is 50.8 Å². The van der Waals surface area contributed by atoms with Gasteiger partial charge in [0.1, 0.15) is 6.04 Å². The predicted octanol–water partition coefficient (Wildman–Crippen LogP) is 2.44. The average Bonchev–Trinajstić information content (AvgIpc) is 2.73. The number of aliphatic hydroxyl groups excluding tert-OH is 1. The minimum atomic E-state index is -0.744. The van der Waals surface area contributed by atoms with Gasteiger partial charge in [-0.25, -0.2) is 4.79 Å². The number of amides is 1. The first-order valence-electron chi connectivity index (χ1n) is 10.8. The number of hydrogen-bond donors (Lipinski definition) is 3. The molecule has 1 aliphatic carbocycles. The number of methoxy groups -OCH3 is 1. The molecule has 0 radical (unpaired) electrons. The maximum absolute atomic E-state index is 12.8. The molecular weight excluding hydrogens is 368 g/mol. The van der Waals surface area contributed by atoms with Crippen molar-refractivity contribution >= 4 is 11.9 Å². The number of esters is 1. The van der Waals surface area contributed by atoms with Gasteiger partial charge in [0.2, 0.25) is 5.91 Å². The summed E-state index contributed by atoms with van der Waals surface area (Å²) in [6.45, 7) is 1.04. The van der Waals surface area contributed by atoms with Gasteiger partial charge in [-0.1, -0.05) is 49.6 Å². The summed E-state index contributed by atoms with van der Waals surface area (Å²) in [7, 11) is 3.29. The predicted molar refractivity (Wildman–Crippen MR) is 113 cm³/mol. The van der Waals surface area contributed by atoms with Gasteiger partial charge in [0.15, 0.2) is 0 Å². The van der Waals surface area contributed by atoms with Crippen LogP contribution in [-0.4, -0.2) is 49.8 Å². The highest BCUT2D eigenvalue weighted by molar-refractivity contribution is 5.86. The minimum Gasteiger partial charge on any atom is -0.467 e. The van der Waals surface area contributed by atoms with Crippen LogP contribution in [0.5, 0.6) is 0 Å². The molecule has 1 aromatic carbocycles. The SMILES string of the molecule is CNCCCCCC1CCC(C(=O)N[C@@H](Cc2ccccc2)C(=O)OC)C(O)C1. The smallest absolute Gasteiger partial charge is 0.328 e. The zero-order valence-electron chi connectivity index (χ0n) is 17.7. The van der Waals surface area contributed by atoms with E-state index in [1.54, 1.807) is 0 Å². The van der Waals surface area contributed by atoms with Crippen LogP contribution in [0.2, 0.25) is 0 Å². The van der Waals surface area contributed by atoms with Gasteiger partial charge in [-0.2, -0.15) is 0 Å². The molecule has 6 nitrogen and oxygen atoms in total. The van der Waals surface area contributed by atoms with E-state index in [1.807, 2.05) is 37.4 Å². The normalized spacial score (nSPS) is 22.7. The third-order valence-electron chi connectivity index (χ3n) is 5.89. The Morgan fingerprint density at radius 2 is 1.93 bits per heavy atom. The summed E-state index contributed by atoms with van der Waals surface area (Å²) in [5.74, 6) is -0.703. The molecule has 3 unspecified atom stereocenters. The molecule has 4 atom stereocenters. The summed E-state index contributed by atoms with van der Waals surface area (Å²) in [4.78, 5) is 24.9. The quantitative estimate of drug-likeness (QED) is 0.389. The van der Waals surface area contributed by atoms with Crippen molar-refractivity contribution in [3.8, 4) is 0 Å². The maximum Gasteiger partial charge on any atom is 0.328 e. The number of aliphatic hydroxyl groups is 1. The zero-order valence-corrected chi connectivity index (χ0v) is 17.7. The second-order valence-corrected chi connectivity index (χ2v) is 8.08. The molecule has 0 aliphatic heterocycles. The topological polar surface area (TPSA) is 87.7 Å². The standard InChI is InChI=1S/C23H36N2O4/c1-24-14-8-4-7-11-18-12-13-19(21(26)16-18)22(27)25-20(23(28)29-2)15-17-9-5-3-6-10-17/h3,5-6,9-10,18-21,24,26H,4,7-8,11-16H2,1-2H3,(H,25,27)/t18?,19?,20-,21?/m0/s1. The van der Waals surface area contributed by atoms with Gasteiger partial charge in [0.25, 0.3) is 0 Å². The van der Waals surface area contributed by atoms with Gasteiger partial charge < -0.3 is 20.5 Å². The van der Waals surface area contributed by atoms with Crippen LogP contribution in [0.25, 0.3) is 0 Å². The molecular formula is C23H36N2O4. The number of rotatable bonds is 11. The Hall–Kier alpha value is -1.92. The van der Waals surface area contributed by atoms with Gasteiger partial charge in [-0.15, -0.1) is 0 Å². The number of hydrogen-bond acceptors (Lipinski definition) is 5. The summed E-state index contributed by atoms with van der Waals surface area (Å²) in [5, 5.41) is 16.5. The first-order valence-corrected chi connectivity index (χ1v) is 10.8. The summed E-state index contributed by atoms with van der Waals surface area (Å²) in [6.07, 6.45) is 6.62. The molecule has 0 saturated heterocycles. The lowest BCUT2D eigenvalue weighted by Gasteiger charge is -2.33. The van der Waals surface area contributed by atoms with Crippen LogP contribution in [-0.2, 0) is 20.7 Å². The highest BCUT2D eigenvalue weighted by Crippen LogP contribution is 2.32. The van der Waals surface area contributed by atoms with E-state index in [2.05, 4.69) is 10.6 Å². The third-order valence-corrected chi connectivity index (χ3v) is 5.89. The molecule has 1 amide bonds. The van der Waals surface area contributed by atoms with Crippen LogP contribution in [0.4, 0.5) is 0 Å². The third kappa shape index (κ3) is 7.78. The molecule has 1 aliphatic rings. The number of benzene rings is 1. The molecule has 1 fully saturated rings. The van der Waals surface area contributed by atoms with Crippen molar-refractivity contribution in [2.24, 2.45) is 11.8 Å². The molecule has 3 N–H and O–H groups in total. The van der Waals surface area contributed by atoms with Crippen molar-refractivity contribution in [1.29, 1.82) is 0 Å². The monoisotopic (exact) mass is 404 g/mol. The van der Waals surface area contributed by atoms with Gasteiger partial charge >= 0.3 is 5.97 Å². The Morgan fingerprint density at radius 1 is 1.17 bits per heavy atom. The van der Waals surface area contributed by atoms with Gasteiger partial charge in [0, 0.05) is 6.42 Å². The van der Waals surface area contributed by atoms with E-state index in [-0.39, 0.29) is 5.91 Å². The largest absolute Gasteiger partial charge is 0.467 e. The van der Waals surface area contributed by atoms with Crippen LogP contribution in [0, 0.1) is 11.8 Å². The van der Waals surface area contributed by atoms with E-state index in [0.717, 1.165) is 31.4 Å². The van der Waals surface area contributed by atoms with Gasteiger partial charge in [-0.3, -0.25) is 4.79 Å². The van der Waals surface area contributed by atoms with Crippen LogP contribution >= 0.6 is 0 Å².